The molecule has 0 spiro atoms. The Morgan fingerprint density at radius 3 is 2.70 bits per heavy atom. The van der Waals surface area contributed by atoms with Gasteiger partial charge in [-0.25, -0.2) is 14.6 Å². The summed E-state index contributed by atoms with van der Waals surface area (Å²) in [5.74, 6) is -0.834. The van der Waals surface area contributed by atoms with Crippen LogP contribution >= 0.6 is 0 Å². The van der Waals surface area contributed by atoms with Gasteiger partial charge in [-0.15, -0.1) is 0 Å². The first kappa shape index (κ1) is 14.6. The summed E-state index contributed by atoms with van der Waals surface area (Å²) in [5, 5.41) is 11.4. The van der Waals surface area contributed by atoms with Crippen molar-refractivity contribution in [1.29, 1.82) is 0 Å². The van der Waals surface area contributed by atoms with Crippen molar-refractivity contribution in [2.45, 2.75) is 6.61 Å². The first-order valence-electron chi connectivity index (χ1n) is 6.82. The predicted molar refractivity (Wildman–Crippen MR) is 83.3 cm³/mol. The normalized spacial score (nSPS) is 10.4. The molecule has 0 radical (unpaired) electrons. The molecular weight excluding hydrogens is 298 g/mol. The molecule has 1 amide bonds. The quantitative estimate of drug-likeness (QED) is 0.687. The second-order valence-electron chi connectivity index (χ2n) is 4.81. The van der Waals surface area contributed by atoms with E-state index in [9.17, 15) is 9.59 Å². The highest BCUT2D eigenvalue weighted by atomic mass is 16.5. The second kappa shape index (κ2) is 6.18. The first-order chi connectivity index (χ1) is 11.1. The molecule has 0 atom stereocenters. The molecule has 3 N–H and O–H groups in total. The van der Waals surface area contributed by atoms with E-state index in [-0.39, 0.29) is 18.1 Å². The highest BCUT2D eigenvalue weighted by Gasteiger charge is 2.10. The van der Waals surface area contributed by atoms with Gasteiger partial charge in [-0.05, 0) is 23.8 Å². The van der Waals surface area contributed by atoms with Gasteiger partial charge >= 0.3 is 12.1 Å². The number of H-pyrrole nitrogens is 1. The Balaban J connectivity index is 1.66. The van der Waals surface area contributed by atoms with E-state index in [0.29, 0.717) is 11.0 Å². The Morgan fingerprint density at radius 1 is 1.17 bits per heavy atom. The number of carboxylic acids is 1. The highest BCUT2D eigenvalue weighted by Crippen LogP contribution is 2.16. The minimum atomic E-state index is -1.03. The van der Waals surface area contributed by atoms with Crippen molar-refractivity contribution >= 4 is 29.0 Å². The van der Waals surface area contributed by atoms with Crippen molar-refractivity contribution in [1.82, 2.24) is 9.97 Å². The van der Waals surface area contributed by atoms with Crippen molar-refractivity contribution in [2.75, 3.05) is 5.32 Å². The zero-order chi connectivity index (χ0) is 16.2. The zero-order valence-corrected chi connectivity index (χ0v) is 11.9. The lowest BCUT2D eigenvalue weighted by Crippen LogP contribution is -2.14. The number of ether oxygens (including phenoxy) is 1. The van der Waals surface area contributed by atoms with Gasteiger partial charge < -0.3 is 14.8 Å². The fourth-order valence-corrected chi connectivity index (χ4v) is 2.06. The molecule has 3 rings (SSSR count). The lowest BCUT2D eigenvalue weighted by atomic mass is 10.2. The van der Waals surface area contributed by atoms with E-state index in [0.717, 1.165) is 5.56 Å². The molecule has 116 valence electrons. The van der Waals surface area contributed by atoms with E-state index >= 15 is 0 Å². The largest absolute Gasteiger partial charge is 0.478 e. The lowest BCUT2D eigenvalue weighted by molar-refractivity contribution is 0.0697. The topological polar surface area (TPSA) is 104 Å². The van der Waals surface area contributed by atoms with Crippen molar-refractivity contribution in [3.05, 3.63) is 59.7 Å². The van der Waals surface area contributed by atoms with Crippen LogP contribution in [0.1, 0.15) is 15.9 Å². The monoisotopic (exact) mass is 311 g/mol. The molecule has 0 unspecified atom stereocenters. The molecule has 0 saturated heterocycles. The summed E-state index contributed by atoms with van der Waals surface area (Å²) in [4.78, 5) is 29.7. The number of nitrogens with zero attached hydrogens (tertiary/aromatic N) is 1. The third-order valence-electron chi connectivity index (χ3n) is 3.16. The fraction of sp³-hybridized carbons (Fsp3) is 0.0625. The summed E-state index contributed by atoms with van der Waals surface area (Å²) in [6, 6.07) is 13.8. The number of aromatic amines is 1. The van der Waals surface area contributed by atoms with Gasteiger partial charge in [-0.2, -0.15) is 0 Å². The number of fused-ring (bicyclic) bond motifs is 1. The highest BCUT2D eigenvalue weighted by molar-refractivity contribution is 5.93. The minimum absolute atomic E-state index is 0.138. The molecule has 7 nitrogen and oxygen atoms in total. The number of rotatable bonds is 4. The fourth-order valence-electron chi connectivity index (χ4n) is 2.06. The third kappa shape index (κ3) is 3.46. The molecule has 3 aromatic rings. The number of aromatic carboxylic acids is 1. The molecule has 1 heterocycles. The predicted octanol–water partition coefficient (Wildman–Crippen LogP) is 3.01. The van der Waals surface area contributed by atoms with E-state index in [4.69, 9.17) is 9.84 Å². The summed E-state index contributed by atoms with van der Waals surface area (Å²) in [6.07, 6.45) is -0.647. The van der Waals surface area contributed by atoms with Gasteiger partial charge in [0.1, 0.15) is 6.61 Å². The Bertz CT molecular complexity index is 858. The van der Waals surface area contributed by atoms with E-state index < -0.39 is 12.1 Å². The van der Waals surface area contributed by atoms with E-state index in [2.05, 4.69) is 15.3 Å². The van der Waals surface area contributed by atoms with Crippen molar-refractivity contribution < 1.29 is 19.4 Å². The van der Waals surface area contributed by atoms with Gasteiger partial charge in [0.05, 0.1) is 16.6 Å². The Hall–Kier alpha value is -3.35. The maximum Gasteiger partial charge on any atom is 0.414 e. The molecule has 1 aromatic heterocycles. The number of hydrogen-bond donors (Lipinski definition) is 3. The van der Waals surface area contributed by atoms with Crippen LogP contribution in [0, 0.1) is 0 Å². The molecule has 0 fully saturated rings. The van der Waals surface area contributed by atoms with Crippen molar-refractivity contribution in [2.24, 2.45) is 0 Å². The van der Waals surface area contributed by atoms with E-state index in [1.807, 2.05) is 30.3 Å². The minimum Gasteiger partial charge on any atom is -0.478 e. The molecule has 0 bridgehead atoms. The van der Waals surface area contributed by atoms with Crippen LogP contribution in [0.15, 0.2) is 48.5 Å². The molecule has 23 heavy (non-hydrogen) atoms. The number of carbonyl (C=O) groups is 2. The van der Waals surface area contributed by atoms with E-state index in [1.165, 1.54) is 12.1 Å². The summed E-state index contributed by atoms with van der Waals surface area (Å²) in [5.41, 5.74) is 2.08. The average molecular weight is 311 g/mol. The Labute approximate surface area is 130 Å². The molecule has 0 aliphatic heterocycles. The van der Waals surface area contributed by atoms with Crippen molar-refractivity contribution in [3.8, 4) is 0 Å². The van der Waals surface area contributed by atoms with Gasteiger partial charge in [-0.3, -0.25) is 5.32 Å². The number of imidazole rings is 1. The van der Waals surface area contributed by atoms with Gasteiger partial charge in [0.15, 0.2) is 0 Å². The van der Waals surface area contributed by atoms with Gasteiger partial charge in [0, 0.05) is 0 Å². The molecular formula is C16H13N3O4. The maximum absolute atomic E-state index is 11.8. The van der Waals surface area contributed by atoms with Crippen LogP contribution in [0.2, 0.25) is 0 Å². The lowest BCUT2D eigenvalue weighted by Gasteiger charge is -2.04. The van der Waals surface area contributed by atoms with Crippen LogP contribution in [-0.2, 0) is 11.3 Å². The van der Waals surface area contributed by atoms with Crippen LogP contribution in [-0.4, -0.2) is 27.1 Å². The number of anilines is 1. The summed E-state index contributed by atoms with van der Waals surface area (Å²) < 4.78 is 5.09. The molecule has 2 aromatic carbocycles. The second-order valence-corrected chi connectivity index (χ2v) is 4.81. The molecule has 0 saturated carbocycles. The van der Waals surface area contributed by atoms with Crippen molar-refractivity contribution in [3.63, 3.8) is 0 Å². The molecule has 7 heteroatoms. The number of amides is 1. The standard InChI is InChI=1S/C16H13N3O4/c20-14(21)11-6-7-12-13(8-11)18-15(17-12)19-16(22)23-9-10-4-2-1-3-5-10/h1-8H,9H2,(H,20,21)(H2,17,18,19,22). The molecule has 0 aliphatic rings. The van der Waals surface area contributed by atoms with Gasteiger partial charge in [-0.1, -0.05) is 30.3 Å². The van der Waals surface area contributed by atoms with Crippen LogP contribution in [0.5, 0.6) is 0 Å². The van der Waals surface area contributed by atoms with Gasteiger partial charge in [0.2, 0.25) is 5.95 Å². The Morgan fingerprint density at radius 2 is 1.96 bits per heavy atom. The van der Waals surface area contributed by atoms with Crippen LogP contribution in [0.4, 0.5) is 10.7 Å². The smallest absolute Gasteiger partial charge is 0.414 e. The van der Waals surface area contributed by atoms with E-state index in [1.54, 1.807) is 6.07 Å². The summed E-state index contributed by atoms with van der Waals surface area (Å²) in [7, 11) is 0. The number of nitrogens with one attached hydrogen (secondary N) is 2. The van der Waals surface area contributed by atoms with Crippen LogP contribution in [0.3, 0.4) is 0 Å². The number of hydrogen-bond acceptors (Lipinski definition) is 4. The van der Waals surface area contributed by atoms with Crippen LogP contribution < -0.4 is 5.32 Å². The summed E-state index contributed by atoms with van der Waals surface area (Å²) >= 11 is 0. The first-order valence-corrected chi connectivity index (χ1v) is 6.82. The maximum atomic E-state index is 11.8. The molecule has 0 aliphatic carbocycles. The van der Waals surface area contributed by atoms with Gasteiger partial charge in [0.25, 0.3) is 0 Å². The summed E-state index contributed by atoms with van der Waals surface area (Å²) in [6.45, 7) is 0.149. The average Bonchev–Trinajstić information content (AvgIpc) is 2.95. The third-order valence-corrected chi connectivity index (χ3v) is 3.16. The number of carbonyl (C=O) groups excluding carboxylic acids is 1. The SMILES string of the molecule is O=C(Nc1nc2ccc(C(=O)O)cc2[nH]1)OCc1ccccc1. The Kier molecular flexibility index (Phi) is 3.92. The number of carboxylic acid groups (broad SMARTS) is 1. The number of benzene rings is 2. The number of aromatic nitrogens is 2. The van der Waals surface area contributed by atoms with Crippen LogP contribution in [0.25, 0.3) is 11.0 Å². The zero-order valence-electron chi connectivity index (χ0n) is 11.9.